The second-order valence-corrected chi connectivity index (χ2v) is 6.52. The second-order valence-electron chi connectivity index (χ2n) is 6.52. The van der Waals surface area contributed by atoms with E-state index in [-0.39, 0.29) is 11.8 Å². The molecule has 0 radical (unpaired) electrons. The SMILES string of the molecule is CCCCNC(=NCc1ccc([N+](=O)[O-])cc1)NC1CCC(O)CC1. The predicted molar refractivity (Wildman–Crippen MR) is 98.5 cm³/mol. The fourth-order valence-corrected chi connectivity index (χ4v) is 2.84. The molecule has 1 saturated carbocycles. The summed E-state index contributed by atoms with van der Waals surface area (Å²) in [5, 5.41) is 27.1. The third-order valence-electron chi connectivity index (χ3n) is 4.43. The highest BCUT2D eigenvalue weighted by molar-refractivity contribution is 5.80. The largest absolute Gasteiger partial charge is 0.393 e. The number of non-ortho nitro benzene ring substituents is 1. The lowest BCUT2D eigenvalue weighted by Crippen LogP contribution is -2.45. The van der Waals surface area contributed by atoms with Crippen LogP contribution in [0.3, 0.4) is 0 Å². The number of nitrogens with one attached hydrogen (secondary N) is 2. The lowest BCUT2D eigenvalue weighted by molar-refractivity contribution is -0.384. The van der Waals surface area contributed by atoms with Crippen LogP contribution in [0.2, 0.25) is 0 Å². The highest BCUT2D eigenvalue weighted by Gasteiger charge is 2.20. The first-order valence-electron chi connectivity index (χ1n) is 9.04. The van der Waals surface area contributed by atoms with Gasteiger partial charge in [-0.15, -0.1) is 0 Å². The Kier molecular flexibility index (Phi) is 7.66. The lowest BCUT2D eigenvalue weighted by atomic mass is 9.93. The van der Waals surface area contributed by atoms with Gasteiger partial charge < -0.3 is 15.7 Å². The molecule has 2 rings (SSSR count). The van der Waals surface area contributed by atoms with Gasteiger partial charge in [-0.25, -0.2) is 4.99 Å². The van der Waals surface area contributed by atoms with Crippen LogP contribution in [0.4, 0.5) is 5.69 Å². The average Bonchev–Trinajstić information content (AvgIpc) is 2.62. The Labute approximate surface area is 148 Å². The molecule has 0 bridgehead atoms. The Hall–Kier alpha value is -2.15. The fourth-order valence-electron chi connectivity index (χ4n) is 2.84. The van der Waals surface area contributed by atoms with Gasteiger partial charge in [0.2, 0.25) is 0 Å². The van der Waals surface area contributed by atoms with Crippen molar-refractivity contribution >= 4 is 11.6 Å². The zero-order valence-electron chi connectivity index (χ0n) is 14.8. The number of unbranched alkanes of at least 4 members (excludes halogenated alkanes) is 1. The summed E-state index contributed by atoms with van der Waals surface area (Å²) in [6.07, 6.45) is 5.52. The molecule has 1 aliphatic rings. The molecule has 0 atom stereocenters. The number of hydrogen-bond acceptors (Lipinski definition) is 4. The van der Waals surface area contributed by atoms with Gasteiger partial charge in [0, 0.05) is 24.7 Å². The Morgan fingerprint density at radius 1 is 1.28 bits per heavy atom. The molecule has 1 fully saturated rings. The van der Waals surface area contributed by atoms with Crippen molar-refractivity contribution in [3.63, 3.8) is 0 Å². The van der Waals surface area contributed by atoms with E-state index in [9.17, 15) is 15.2 Å². The maximum absolute atomic E-state index is 10.7. The number of hydrogen-bond donors (Lipinski definition) is 3. The van der Waals surface area contributed by atoms with Gasteiger partial charge in [0.1, 0.15) is 0 Å². The van der Waals surface area contributed by atoms with E-state index >= 15 is 0 Å². The molecule has 0 aromatic heterocycles. The first kappa shape index (κ1) is 19.2. The van der Waals surface area contributed by atoms with E-state index in [0.29, 0.717) is 12.6 Å². The molecule has 0 aliphatic heterocycles. The van der Waals surface area contributed by atoms with Crippen LogP contribution < -0.4 is 10.6 Å². The third-order valence-corrected chi connectivity index (χ3v) is 4.43. The van der Waals surface area contributed by atoms with Gasteiger partial charge in [-0.1, -0.05) is 25.5 Å². The van der Waals surface area contributed by atoms with E-state index in [2.05, 4.69) is 22.5 Å². The molecular weight excluding hydrogens is 320 g/mol. The van der Waals surface area contributed by atoms with Gasteiger partial charge in [0.25, 0.3) is 5.69 Å². The second kappa shape index (κ2) is 9.98. The van der Waals surface area contributed by atoms with Crippen molar-refractivity contribution in [2.24, 2.45) is 4.99 Å². The van der Waals surface area contributed by atoms with E-state index in [1.165, 1.54) is 12.1 Å². The summed E-state index contributed by atoms with van der Waals surface area (Å²) in [5.74, 6) is 0.771. The number of aliphatic hydroxyl groups excluding tert-OH is 1. The van der Waals surface area contributed by atoms with Gasteiger partial charge in [-0.05, 0) is 37.7 Å². The molecule has 3 N–H and O–H groups in total. The molecule has 0 spiro atoms. The van der Waals surface area contributed by atoms with Crippen LogP contribution in [0.15, 0.2) is 29.3 Å². The Bertz CT molecular complexity index is 566. The molecule has 1 aliphatic carbocycles. The van der Waals surface area contributed by atoms with Gasteiger partial charge in [-0.3, -0.25) is 10.1 Å². The summed E-state index contributed by atoms with van der Waals surface area (Å²) >= 11 is 0. The van der Waals surface area contributed by atoms with Gasteiger partial charge in [0.15, 0.2) is 5.96 Å². The highest BCUT2D eigenvalue weighted by atomic mass is 16.6. The predicted octanol–water partition coefficient (Wildman–Crippen LogP) is 2.73. The van der Waals surface area contributed by atoms with Crippen molar-refractivity contribution in [1.29, 1.82) is 0 Å². The van der Waals surface area contributed by atoms with Crippen molar-refractivity contribution in [3.8, 4) is 0 Å². The Morgan fingerprint density at radius 2 is 1.96 bits per heavy atom. The summed E-state index contributed by atoms with van der Waals surface area (Å²) in [6, 6.07) is 6.81. The number of guanidine groups is 1. The number of nitro benzene ring substituents is 1. The average molecular weight is 348 g/mol. The third kappa shape index (κ3) is 6.70. The number of rotatable bonds is 7. The summed E-state index contributed by atoms with van der Waals surface area (Å²) in [7, 11) is 0. The van der Waals surface area contributed by atoms with Crippen molar-refractivity contribution in [2.45, 2.75) is 64.1 Å². The fraction of sp³-hybridized carbons (Fsp3) is 0.611. The van der Waals surface area contributed by atoms with E-state index in [0.717, 1.165) is 56.6 Å². The molecule has 1 aromatic rings. The van der Waals surface area contributed by atoms with Gasteiger partial charge in [-0.2, -0.15) is 0 Å². The van der Waals surface area contributed by atoms with Crippen molar-refractivity contribution in [3.05, 3.63) is 39.9 Å². The number of nitro groups is 1. The van der Waals surface area contributed by atoms with Crippen LogP contribution in [0.1, 0.15) is 51.0 Å². The standard InChI is InChI=1S/C18H28N4O3/c1-2-3-12-19-18(21-15-6-10-17(23)11-7-15)20-13-14-4-8-16(9-5-14)22(24)25/h4-5,8-9,15,17,23H,2-3,6-7,10-13H2,1H3,(H2,19,20,21). The Morgan fingerprint density at radius 3 is 2.56 bits per heavy atom. The van der Waals surface area contributed by atoms with Crippen molar-refractivity contribution < 1.29 is 10.0 Å². The van der Waals surface area contributed by atoms with E-state index in [4.69, 9.17) is 0 Å². The van der Waals surface area contributed by atoms with Crippen LogP contribution in [0.5, 0.6) is 0 Å². The van der Waals surface area contributed by atoms with E-state index in [1.807, 2.05) is 0 Å². The summed E-state index contributed by atoms with van der Waals surface area (Å²) in [6.45, 7) is 3.47. The summed E-state index contributed by atoms with van der Waals surface area (Å²) in [4.78, 5) is 14.9. The minimum Gasteiger partial charge on any atom is -0.393 e. The quantitative estimate of drug-likeness (QED) is 0.231. The van der Waals surface area contributed by atoms with Crippen LogP contribution in [-0.4, -0.2) is 34.7 Å². The molecular formula is C18H28N4O3. The summed E-state index contributed by atoms with van der Waals surface area (Å²) in [5.41, 5.74) is 1.02. The van der Waals surface area contributed by atoms with Crippen LogP contribution >= 0.6 is 0 Å². The van der Waals surface area contributed by atoms with Crippen LogP contribution in [0, 0.1) is 10.1 Å². The first-order chi connectivity index (χ1) is 12.1. The number of benzene rings is 1. The number of aliphatic imine (C=N–C) groups is 1. The minimum absolute atomic E-state index is 0.0907. The van der Waals surface area contributed by atoms with Gasteiger partial charge in [0.05, 0.1) is 17.6 Å². The highest BCUT2D eigenvalue weighted by Crippen LogP contribution is 2.18. The number of aliphatic hydroxyl groups is 1. The maximum atomic E-state index is 10.7. The smallest absolute Gasteiger partial charge is 0.269 e. The molecule has 0 heterocycles. The zero-order chi connectivity index (χ0) is 18.1. The molecule has 138 valence electrons. The molecule has 1 aromatic carbocycles. The summed E-state index contributed by atoms with van der Waals surface area (Å²) < 4.78 is 0. The maximum Gasteiger partial charge on any atom is 0.269 e. The Balaban J connectivity index is 1.95. The first-order valence-corrected chi connectivity index (χ1v) is 9.04. The van der Waals surface area contributed by atoms with Gasteiger partial charge >= 0.3 is 0 Å². The van der Waals surface area contributed by atoms with Crippen LogP contribution in [0.25, 0.3) is 0 Å². The van der Waals surface area contributed by atoms with E-state index < -0.39 is 4.92 Å². The zero-order valence-corrected chi connectivity index (χ0v) is 14.8. The molecule has 0 amide bonds. The molecule has 7 nitrogen and oxygen atoms in total. The molecule has 0 saturated heterocycles. The van der Waals surface area contributed by atoms with Crippen molar-refractivity contribution in [1.82, 2.24) is 10.6 Å². The minimum atomic E-state index is -0.399. The lowest BCUT2D eigenvalue weighted by Gasteiger charge is -2.27. The molecule has 0 unspecified atom stereocenters. The van der Waals surface area contributed by atoms with Crippen LogP contribution in [-0.2, 0) is 6.54 Å². The topological polar surface area (TPSA) is 99.8 Å². The van der Waals surface area contributed by atoms with Crippen molar-refractivity contribution in [2.75, 3.05) is 6.54 Å². The number of nitrogens with zero attached hydrogens (tertiary/aromatic N) is 2. The van der Waals surface area contributed by atoms with E-state index in [1.54, 1.807) is 12.1 Å². The monoisotopic (exact) mass is 348 g/mol. The molecule has 7 heteroatoms. The normalized spacial score (nSPS) is 21.0. The molecule has 25 heavy (non-hydrogen) atoms.